The van der Waals surface area contributed by atoms with E-state index in [0.29, 0.717) is 10.4 Å². The predicted molar refractivity (Wildman–Crippen MR) is 157 cm³/mol. The first-order valence-corrected chi connectivity index (χ1v) is 14.1. The number of tetrazole rings is 1. The fraction of sp³-hybridized carbons (Fsp3) is 0.179. The van der Waals surface area contributed by atoms with E-state index in [1.165, 1.54) is 54.7 Å². The highest BCUT2D eigenvalue weighted by Gasteiger charge is 2.37. The third-order valence-corrected chi connectivity index (χ3v) is 7.02. The number of benzene rings is 2. The molecule has 0 fully saturated rings. The minimum Gasteiger partial charge on any atom is -0.405 e. The first-order valence-electron chi connectivity index (χ1n) is 13.4. The number of carbonyl (C=O) groups is 2. The standard InChI is InChI=1S/C28H19Cl2F6N9O3/c1-14-8-9-17(29)21(25(47)38-12-15-5-2-3-7-20(15)48-28(34,35)36)22(14)39-24(46)19-11-16(13-44-42-26(40-43-44)27(31,32)33)41-45(19)23-18(30)6-4-10-37-23/h2-11H,12-13H2,1H3,(H,38,47)(H,39,46). The summed E-state index contributed by atoms with van der Waals surface area (Å²) in [5.74, 6) is -3.74. The highest BCUT2D eigenvalue weighted by Crippen LogP contribution is 2.31. The molecule has 3 heterocycles. The second-order valence-electron chi connectivity index (χ2n) is 9.79. The van der Waals surface area contributed by atoms with Crippen LogP contribution in [0.5, 0.6) is 5.75 Å². The van der Waals surface area contributed by atoms with Gasteiger partial charge < -0.3 is 15.4 Å². The van der Waals surface area contributed by atoms with Crippen molar-refractivity contribution in [3.8, 4) is 11.6 Å². The Morgan fingerprint density at radius 3 is 2.38 bits per heavy atom. The molecule has 0 spiro atoms. The van der Waals surface area contributed by atoms with Gasteiger partial charge in [-0.3, -0.25) is 9.59 Å². The van der Waals surface area contributed by atoms with Crippen molar-refractivity contribution in [1.82, 2.24) is 40.3 Å². The van der Waals surface area contributed by atoms with Crippen LogP contribution in [0, 0.1) is 6.92 Å². The third kappa shape index (κ3) is 7.83. The average molecular weight is 714 g/mol. The monoisotopic (exact) mass is 713 g/mol. The number of anilines is 1. The number of amides is 2. The Hall–Kier alpha value is -5.23. The van der Waals surface area contributed by atoms with Gasteiger partial charge in [0.05, 0.1) is 27.0 Å². The molecule has 0 saturated heterocycles. The summed E-state index contributed by atoms with van der Waals surface area (Å²) >= 11 is 12.7. The summed E-state index contributed by atoms with van der Waals surface area (Å²) < 4.78 is 82.7. The molecule has 2 amide bonds. The number of aromatic nitrogens is 7. The number of alkyl halides is 6. The summed E-state index contributed by atoms with van der Waals surface area (Å²) in [5.41, 5.74) is -0.107. The molecule has 3 aromatic heterocycles. The molecule has 2 aromatic carbocycles. The normalized spacial score (nSPS) is 11.8. The zero-order valence-corrected chi connectivity index (χ0v) is 25.6. The largest absolute Gasteiger partial charge is 0.573 e. The summed E-state index contributed by atoms with van der Waals surface area (Å²) in [6.07, 6.45) is -8.45. The van der Waals surface area contributed by atoms with Crippen LogP contribution in [-0.2, 0) is 19.3 Å². The van der Waals surface area contributed by atoms with Crippen LogP contribution in [0.15, 0.2) is 60.8 Å². The fourth-order valence-electron chi connectivity index (χ4n) is 4.31. The Bertz CT molecular complexity index is 2000. The number of hydrogen-bond acceptors (Lipinski definition) is 8. The first-order chi connectivity index (χ1) is 22.6. The molecule has 20 heteroatoms. The smallest absolute Gasteiger partial charge is 0.405 e. The molecule has 0 atom stereocenters. The van der Waals surface area contributed by atoms with Gasteiger partial charge in [0, 0.05) is 18.3 Å². The van der Waals surface area contributed by atoms with E-state index in [9.17, 15) is 35.9 Å². The van der Waals surface area contributed by atoms with E-state index in [-0.39, 0.29) is 44.1 Å². The number of ether oxygens (including phenoxy) is 1. The molecule has 48 heavy (non-hydrogen) atoms. The average Bonchev–Trinajstić information content (AvgIpc) is 3.66. The second-order valence-corrected chi connectivity index (χ2v) is 10.6. The topological polar surface area (TPSA) is 142 Å². The van der Waals surface area contributed by atoms with Gasteiger partial charge in [-0.25, -0.2) is 9.67 Å². The number of halogens is 8. The van der Waals surface area contributed by atoms with Crippen LogP contribution in [-0.4, -0.2) is 53.1 Å². The number of nitrogens with zero attached hydrogens (tertiary/aromatic N) is 7. The fourth-order valence-corrected chi connectivity index (χ4v) is 4.76. The highest BCUT2D eigenvalue weighted by molar-refractivity contribution is 6.35. The maximum Gasteiger partial charge on any atom is 0.573 e. The molecule has 2 N–H and O–H groups in total. The molecule has 250 valence electrons. The van der Waals surface area contributed by atoms with Crippen molar-refractivity contribution in [2.24, 2.45) is 0 Å². The summed E-state index contributed by atoms with van der Waals surface area (Å²) in [4.78, 5) is 31.9. The zero-order valence-electron chi connectivity index (χ0n) is 24.1. The van der Waals surface area contributed by atoms with E-state index in [4.69, 9.17) is 23.2 Å². The van der Waals surface area contributed by atoms with Gasteiger partial charge in [-0.2, -0.15) is 23.1 Å². The van der Waals surface area contributed by atoms with Crippen LogP contribution < -0.4 is 15.4 Å². The lowest BCUT2D eigenvalue weighted by molar-refractivity contribution is -0.274. The lowest BCUT2D eigenvalue weighted by Crippen LogP contribution is -2.27. The van der Waals surface area contributed by atoms with Crippen molar-refractivity contribution in [2.75, 3.05) is 5.32 Å². The minimum absolute atomic E-state index is 0.00503. The second kappa shape index (κ2) is 13.5. The Morgan fingerprint density at radius 1 is 0.938 bits per heavy atom. The van der Waals surface area contributed by atoms with Crippen LogP contribution in [0.4, 0.5) is 32.0 Å². The van der Waals surface area contributed by atoms with Crippen molar-refractivity contribution in [2.45, 2.75) is 32.6 Å². The minimum atomic E-state index is -4.97. The van der Waals surface area contributed by atoms with E-state index < -0.39 is 49.0 Å². The Labute approximate surface area is 275 Å². The van der Waals surface area contributed by atoms with Gasteiger partial charge in [-0.05, 0) is 48.0 Å². The molecule has 0 aliphatic rings. The molecule has 0 radical (unpaired) electrons. The predicted octanol–water partition coefficient (Wildman–Crippen LogP) is 6.02. The Balaban J connectivity index is 1.45. The lowest BCUT2D eigenvalue weighted by atomic mass is 10.1. The van der Waals surface area contributed by atoms with E-state index >= 15 is 0 Å². The molecular weight excluding hydrogens is 695 g/mol. The first kappa shape index (κ1) is 34.1. The number of nitrogens with one attached hydrogen (secondary N) is 2. The SMILES string of the molecule is Cc1ccc(Cl)c(C(=O)NCc2ccccc2OC(F)(F)F)c1NC(=O)c1cc(Cn2nnc(C(F)(F)F)n2)nn1-c1ncccc1Cl. The molecule has 5 rings (SSSR count). The third-order valence-electron chi connectivity index (χ3n) is 6.41. The molecule has 5 aromatic rings. The van der Waals surface area contributed by atoms with Gasteiger partial charge in [0.2, 0.25) is 0 Å². The summed E-state index contributed by atoms with van der Waals surface area (Å²) in [7, 11) is 0. The highest BCUT2D eigenvalue weighted by atomic mass is 35.5. The van der Waals surface area contributed by atoms with Gasteiger partial charge in [0.15, 0.2) is 5.82 Å². The van der Waals surface area contributed by atoms with Gasteiger partial charge in [-0.1, -0.05) is 47.5 Å². The maximum absolute atomic E-state index is 13.8. The zero-order chi connectivity index (χ0) is 34.8. The van der Waals surface area contributed by atoms with Crippen LogP contribution in [0.2, 0.25) is 10.0 Å². The number of hydrogen-bond donors (Lipinski definition) is 2. The summed E-state index contributed by atoms with van der Waals surface area (Å²) in [6.45, 7) is 0.718. The van der Waals surface area contributed by atoms with E-state index in [1.807, 2.05) is 0 Å². The molecule has 0 unspecified atom stereocenters. The molecule has 0 saturated carbocycles. The number of rotatable bonds is 9. The summed E-state index contributed by atoms with van der Waals surface area (Å²) in [6, 6.07) is 12.3. The van der Waals surface area contributed by atoms with Crippen LogP contribution >= 0.6 is 23.2 Å². The molecule has 0 aliphatic carbocycles. The molecule has 0 bridgehead atoms. The van der Waals surface area contributed by atoms with Gasteiger partial charge >= 0.3 is 12.5 Å². The van der Waals surface area contributed by atoms with Crippen LogP contribution in [0.1, 0.15) is 43.5 Å². The number of aryl methyl sites for hydroxylation is 1. The van der Waals surface area contributed by atoms with Gasteiger partial charge in [0.1, 0.15) is 18.0 Å². The number of para-hydroxylation sites is 1. The van der Waals surface area contributed by atoms with Crippen molar-refractivity contribution in [3.63, 3.8) is 0 Å². The molecule has 0 aliphatic heterocycles. The van der Waals surface area contributed by atoms with Crippen molar-refractivity contribution < 1.29 is 40.7 Å². The number of carbonyl (C=O) groups excluding carboxylic acids is 2. The van der Waals surface area contributed by atoms with Gasteiger partial charge in [-0.15, -0.1) is 23.4 Å². The maximum atomic E-state index is 13.8. The van der Waals surface area contributed by atoms with E-state index in [0.717, 1.165) is 10.7 Å². The number of pyridine rings is 1. The van der Waals surface area contributed by atoms with Crippen LogP contribution in [0.3, 0.4) is 0 Å². The summed E-state index contributed by atoms with van der Waals surface area (Å²) in [5, 5.41) is 18.9. The quantitative estimate of drug-likeness (QED) is 0.177. The van der Waals surface area contributed by atoms with Crippen molar-refractivity contribution in [3.05, 3.63) is 105 Å². The van der Waals surface area contributed by atoms with Crippen molar-refractivity contribution in [1.29, 1.82) is 0 Å². The van der Waals surface area contributed by atoms with E-state index in [1.54, 1.807) is 6.92 Å². The van der Waals surface area contributed by atoms with Crippen molar-refractivity contribution >= 4 is 40.7 Å². The van der Waals surface area contributed by atoms with E-state index in [2.05, 4.69) is 40.9 Å². The lowest BCUT2D eigenvalue weighted by Gasteiger charge is -2.17. The Morgan fingerprint density at radius 2 is 1.69 bits per heavy atom. The molecule has 12 nitrogen and oxygen atoms in total. The van der Waals surface area contributed by atoms with Gasteiger partial charge in [0.25, 0.3) is 17.6 Å². The molecular formula is C28H19Cl2F6N9O3. The Kier molecular flexibility index (Phi) is 9.58. The van der Waals surface area contributed by atoms with Crippen LogP contribution in [0.25, 0.3) is 5.82 Å².